The second-order valence-corrected chi connectivity index (χ2v) is 4.76. The van der Waals surface area contributed by atoms with Crippen LogP contribution in [0.5, 0.6) is 0 Å². The fraction of sp³-hybridized carbons (Fsp3) is 0.917. The minimum Gasteiger partial charge on any atom is -0.457 e. The van der Waals surface area contributed by atoms with E-state index >= 15 is 0 Å². The first-order valence-electron chi connectivity index (χ1n) is 6.36. The Morgan fingerprint density at radius 2 is 1.52 bits per heavy atom. The van der Waals surface area contributed by atoms with Gasteiger partial charge >= 0.3 is 24.0 Å². The first kappa shape index (κ1) is 20.0. The number of halogens is 7. The minimum absolute atomic E-state index is 0.0283. The summed E-state index contributed by atoms with van der Waals surface area (Å²) in [6, 6.07) is 0. The summed E-state index contributed by atoms with van der Waals surface area (Å²) < 4.78 is 91.6. The Hall–Kier alpha value is -1.02. The van der Waals surface area contributed by atoms with E-state index in [1.54, 1.807) is 6.92 Å². The van der Waals surface area contributed by atoms with Crippen LogP contribution >= 0.6 is 0 Å². The first-order chi connectivity index (χ1) is 9.32. The van der Waals surface area contributed by atoms with Crippen LogP contribution in [0.25, 0.3) is 0 Å². The summed E-state index contributed by atoms with van der Waals surface area (Å²) in [4.78, 5) is 11.1. The van der Waals surface area contributed by atoms with E-state index in [0.29, 0.717) is 12.8 Å². The third-order valence-corrected chi connectivity index (χ3v) is 3.05. The van der Waals surface area contributed by atoms with E-state index in [2.05, 4.69) is 4.74 Å². The van der Waals surface area contributed by atoms with Gasteiger partial charge in [-0.05, 0) is 18.8 Å². The molecule has 0 aliphatic heterocycles. The normalized spacial score (nSPS) is 16.5. The molecule has 9 heteroatoms. The van der Waals surface area contributed by atoms with Crippen LogP contribution in [0.3, 0.4) is 0 Å². The van der Waals surface area contributed by atoms with Crippen LogP contribution in [-0.2, 0) is 9.53 Å². The molecule has 0 aromatic heterocycles. The van der Waals surface area contributed by atoms with Crippen molar-refractivity contribution < 1.29 is 40.3 Å². The van der Waals surface area contributed by atoms with Gasteiger partial charge in [0.05, 0.1) is 0 Å². The zero-order valence-electron chi connectivity index (χ0n) is 11.7. The molecular formula is C12H17F7O2. The standard InChI is InChI=1S/C12H17F7O2/c1-4-6-7(3)8(5-2)21-9(20)10(13,14)11(15,16)12(17,18)19/h7-8H,4-6H2,1-3H3. The number of alkyl halides is 7. The molecule has 0 spiro atoms. The highest BCUT2D eigenvalue weighted by Crippen LogP contribution is 2.47. The quantitative estimate of drug-likeness (QED) is 0.506. The lowest BCUT2D eigenvalue weighted by molar-refractivity contribution is -0.349. The number of esters is 1. The lowest BCUT2D eigenvalue weighted by Crippen LogP contribution is -2.57. The monoisotopic (exact) mass is 326 g/mol. The average Bonchev–Trinajstić information content (AvgIpc) is 2.33. The van der Waals surface area contributed by atoms with Gasteiger partial charge < -0.3 is 4.74 Å². The highest BCUT2D eigenvalue weighted by Gasteiger charge is 2.77. The number of rotatable bonds is 7. The summed E-state index contributed by atoms with van der Waals surface area (Å²) in [5.41, 5.74) is 0. The van der Waals surface area contributed by atoms with Crippen molar-refractivity contribution >= 4 is 5.97 Å². The zero-order chi connectivity index (χ0) is 17.1. The average molecular weight is 326 g/mol. The molecule has 2 unspecified atom stereocenters. The Morgan fingerprint density at radius 1 is 1.05 bits per heavy atom. The molecule has 21 heavy (non-hydrogen) atoms. The van der Waals surface area contributed by atoms with Crippen molar-refractivity contribution in [3.63, 3.8) is 0 Å². The van der Waals surface area contributed by atoms with Crippen LogP contribution in [0.2, 0.25) is 0 Å². The predicted octanol–water partition coefficient (Wildman–Crippen LogP) is 4.58. The Morgan fingerprint density at radius 3 is 1.86 bits per heavy atom. The molecule has 0 aromatic carbocycles. The van der Waals surface area contributed by atoms with E-state index in [9.17, 15) is 35.5 Å². The van der Waals surface area contributed by atoms with E-state index in [0.717, 1.165) is 0 Å². The van der Waals surface area contributed by atoms with Crippen LogP contribution in [0.1, 0.15) is 40.0 Å². The van der Waals surface area contributed by atoms with Gasteiger partial charge in [-0.3, -0.25) is 0 Å². The topological polar surface area (TPSA) is 26.3 Å². The fourth-order valence-electron chi connectivity index (χ4n) is 1.76. The van der Waals surface area contributed by atoms with Crippen molar-refractivity contribution in [1.82, 2.24) is 0 Å². The van der Waals surface area contributed by atoms with E-state index in [4.69, 9.17) is 0 Å². The summed E-state index contributed by atoms with van der Waals surface area (Å²) in [6.45, 7) is 4.74. The lowest BCUT2D eigenvalue weighted by Gasteiger charge is -2.29. The van der Waals surface area contributed by atoms with Crippen LogP contribution in [0, 0.1) is 5.92 Å². The molecule has 0 saturated carbocycles. The Bertz CT molecular complexity index is 352. The highest BCUT2D eigenvalue weighted by molar-refractivity contribution is 5.79. The van der Waals surface area contributed by atoms with Gasteiger partial charge in [0.25, 0.3) is 0 Å². The van der Waals surface area contributed by atoms with Gasteiger partial charge in [-0.25, -0.2) is 4.79 Å². The van der Waals surface area contributed by atoms with Crippen LogP contribution in [-0.4, -0.2) is 30.1 Å². The zero-order valence-corrected chi connectivity index (χ0v) is 11.7. The van der Waals surface area contributed by atoms with Gasteiger partial charge in [-0.2, -0.15) is 30.7 Å². The Kier molecular flexibility index (Phi) is 6.50. The molecule has 0 aromatic rings. The van der Waals surface area contributed by atoms with Crippen molar-refractivity contribution in [3.8, 4) is 0 Å². The van der Waals surface area contributed by atoms with E-state index in [1.165, 1.54) is 13.8 Å². The maximum atomic E-state index is 13.1. The van der Waals surface area contributed by atoms with Gasteiger partial charge in [-0.1, -0.05) is 27.2 Å². The molecule has 0 radical (unpaired) electrons. The number of carbonyl (C=O) groups excluding carboxylic acids is 1. The molecule has 0 aliphatic rings. The van der Waals surface area contributed by atoms with Gasteiger partial charge in [0.15, 0.2) is 0 Å². The Balaban J connectivity index is 5.15. The van der Waals surface area contributed by atoms with Gasteiger partial charge in [0.1, 0.15) is 6.10 Å². The number of hydrogen-bond donors (Lipinski definition) is 0. The summed E-state index contributed by atoms with van der Waals surface area (Å²) in [6.07, 6.45) is -6.60. The largest absolute Gasteiger partial charge is 0.460 e. The second kappa shape index (κ2) is 6.83. The Labute approximate surface area is 117 Å². The van der Waals surface area contributed by atoms with E-state index in [-0.39, 0.29) is 6.42 Å². The minimum atomic E-state index is -6.55. The van der Waals surface area contributed by atoms with E-state index in [1.807, 2.05) is 0 Å². The summed E-state index contributed by atoms with van der Waals surface area (Å²) in [5, 5.41) is 0. The van der Waals surface area contributed by atoms with Crippen LogP contribution in [0.4, 0.5) is 30.7 Å². The van der Waals surface area contributed by atoms with Gasteiger partial charge in [0.2, 0.25) is 0 Å². The maximum absolute atomic E-state index is 13.1. The summed E-state index contributed by atoms with van der Waals surface area (Å²) >= 11 is 0. The summed E-state index contributed by atoms with van der Waals surface area (Å²) in [5.74, 6) is -15.7. The number of ether oxygens (including phenoxy) is 1. The molecule has 0 rings (SSSR count). The molecular weight excluding hydrogens is 309 g/mol. The fourth-order valence-corrected chi connectivity index (χ4v) is 1.76. The molecule has 2 nitrogen and oxygen atoms in total. The third-order valence-electron chi connectivity index (χ3n) is 3.05. The van der Waals surface area contributed by atoms with Crippen molar-refractivity contribution in [1.29, 1.82) is 0 Å². The maximum Gasteiger partial charge on any atom is 0.460 e. The lowest BCUT2D eigenvalue weighted by atomic mass is 9.97. The molecule has 0 N–H and O–H groups in total. The molecule has 2 atom stereocenters. The van der Waals surface area contributed by atoms with Crippen molar-refractivity contribution in [2.24, 2.45) is 5.92 Å². The van der Waals surface area contributed by atoms with E-state index < -0.39 is 36.0 Å². The molecule has 0 fully saturated rings. The molecule has 126 valence electrons. The highest BCUT2D eigenvalue weighted by atomic mass is 19.4. The molecule has 0 bridgehead atoms. The van der Waals surface area contributed by atoms with Crippen molar-refractivity contribution in [3.05, 3.63) is 0 Å². The molecule has 0 saturated heterocycles. The number of hydrogen-bond acceptors (Lipinski definition) is 2. The smallest absolute Gasteiger partial charge is 0.457 e. The van der Waals surface area contributed by atoms with Crippen molar-refractivity contribution in [2.75, 3.05) is 0 Å². The second-order valence-electron chi connectivity index (χ2n) is 4.76. The summed E-state index contributed by atoms with van der Waals surface area (Å²) in [7, 11) is 0. The molecule has 0 amide bonds. The first-order valence-corrected chi connectivity index (χ1v) is 6.36. The van der Waals surface area contributed by atoms with Gasteiger partial charge in [0, 0.05) is 0 Å². The van der Waals surface area contributed by atoms with Crippen LogP contribution < -0.4 is 0 Å². The SMILES string of the molecule is CCCC(C)C(CC)OC(=O)C(F)(F)C(F)(F)C(F)(F)F. The van der Waals surface area contributed by atoms with Gasteiger partial charge in [-0.15, -0.1) is 0 Å². The van der Waals surface area contributed by atoms with Crippen molar-refractivity contribution in [2.45, 2.75) is 64.2 Å². The number of carbonyl (C=O) groups is 1. The molecule has 0 aliphatic carbocycles. The third kappa shape index (κ3) is 4.23. The van der Waals surface area contributed by atoms with Crippen LogP contribution in [0.15, 0.2) is 0 Å². The predicted molar refractivity (Wildman–Crippen MR) is 60.2 cm³/mol. The molecule has 0 heterocycles.